The molecule has 1 fully saturated rings. The molecule has 0 radical (unpaired) electrons. The van der Waals surface area contributed by atoms with Crippen molar-refractivity contribution in [1.29, 1.82) is 0 Å². The quantitative estimate of drug-likeness (QED) is 0.710. The van der Waals surface area contributed by atoms with Gasteiger partial charge in [-0.25, -0.2) is 4.79 Å². The Morgan fingerprint density at radius 2 is 1.86 bits per heavy atom. The molecule has 2 N–H and O–H groups in total. The van der Waals surface area contributed by atoms with E-state index in [9.17, 15) is 9.59 Å². The highest BCUT2D eigenvalue weighted by Crippen LogP contribution is 2.26. The minimum Gasteiger partial charge on any atom is -0.459 e. The van der Waals surface area contributed by atoms with Crippen molar-refractivity contribution >= 4 is 34.6 Å². The number of amides is 2. The first kappa shape index (κ1) is 20.5. The van der Waals surface area contributed by atoms with Crippen molar-refractivity contribution in [2.24, 2.45) is 5.92 Å². The van der Waals surface area contributed by atoms with Gasteiger partial charge < -0.3 is 19.8 Å². The number of hydrogen-bond donors (Lipinski definition) is 2. The van der Waals surface area contributed by atoms with Gasteiger partial charge in [-0.2, -0.15) is 0 Å². The van der Waals surface area contributed by atoms with Crippen LogP contribution < -0.4 is 10.6 Å². The summed E-state index contributed by atoms with van der Waals surface area (Å²) in [5.41, 5.74) is 0.708. The van der Waals surface area contributed by atoms with Crippen molar-refractivity contribution < 1.29 is 18.7 Å². The maximum Gasteiger partial charge on any atom is 0.408 e. The van der Waals surface area contributed by atoms with E-state index < -0.39 is 12.1 Å². The second-order valence-corrected chi connectivity index (χ2v) is 8.18. The van der Waals surface area contributed by atoms with Gasteiger partial charge in [0.25, 0.3) is 0 Å². The Morgan fingerprint density at radius 1 is 1.14 bits per heavy atom. The molecular formula is C21H27ClN2O4. The number of ether oxygens (including phenoxy) is 1. The summed E-state index contributed by atoms with van der Waals surface area (Å²) < 4.78 is 11.2. The standard InChI is InChI=1S/C21H27ClN2O4/c1-12(2)19(24-21(26)27-16-6-4-5-7-16)20(25)23-13(3)18-11-14-10-15(22)8-9-17(14)28-18/h8-13,16,19H,4-7H2,1-3H3,(H,23,25)(H,24,26)/t13?,19-/m0/s1. The van der Waals surface area contributed by atoms with E-state index in [1.165, 1.54) is 0 Å². The molecule has 1 saturated carbocycles. The molecule has 1 unspecified atom stereocenters. The third-order valence-electron chi connectivity index (χ3n) is 5.08. The highest BCUT2D eigenvalue weighted by Gasteiger charge is 2.28. The van der Waals surface area contributed by atoms with E-state index in [1.807, 2.05) is 32.9 Å². The zero-order valence-corrected chi connectivity index (χ0v) is 17.2. The van der Waals surface area contributed by atoms with Crippen LogP contribution in [0.2, 0.25) is 5.02 Å². The lowest BCUT2D eigenvalue weighted by Crippen LogP contribution is -2.50. The first-order chi connectivity index (χ1) is 13.3. The topological polar surface area (TPSA) is 80.6 Å². The predicted molar refractivity (Wildman–Crippen MR) is 108 cm³/mol. The number of hydrogen-bond acceptors (Lipinski definition) is 4. The molecule has 3 rings (SSSR count). The Bertz CT molecular complexity index is 842. The van der Waals surface area contributed by atoms with Gasteiger partial charge in [0.1, 0.15) is 23.5 Å². The van der Waals surface area contributed by atoms with Crippen LogP contribution in [0.1, 0.15) is 58.3 Å². The molecule has 28 heavy (non-hydrogen) atoms. The molecule has 0 bridgehead atoms. The molecule has 0 saturated heterocycles. The molecule has 6 nitrogen and oxygen atoms in total. The summed E-state index contributed by atoms with van der Waals surface area (Å²) in [5.74, 6) is 0.267. The van der Waals surface area contributed by atoms with Gasteiger partial charge in [0, 0.05) is 10.4 Å². The van der Waals surface area contributed by atoms with Gasteiger partial charge in [-0.15, -0.1) is 0 Å². The first-order valence-corrected chi connectivity index (χ1v) is 10.2. The van der Waals surface area contributed by atoms with Crippen molar-refractivity contribution in [2.45, 2.75) is 64.6 Å². The zero-order chi connectivity index (χ0) is 20.3. The molecule has 1 heterocycles. The number of rotatable bonds is 6. The van der Waals surface area contributed by atoms with Gasteiger partial charge in [0.15, 0.2) is 0 Å². The van der Waals surface area contributed by atoms with Gasteiger partial charge >= 0.3 is 6.09 Å². The summed E-state index contributed by atoms with van der Waals surface area (Å²) in [5, 5.41) is 7.13. The number of benzene rings is 1. The molecule has 2 amide bonds. The maximum atomic E-state index is 12.8. The van der Waals surface area contributed by atoms with Gasteiger partial charge in [0.05, 0.1) is 6.04 Å². The van der Waals surface area contributed by atoms with Crippen molar-refractivity contribution in [3.8, 4) is 0 Å². The number of nitrogens with one attached hydrogen (secondary N) is 2. The van der Waals surface area contributed by atoms with E-state index >= 15 is 0 Å². The van der Waals surface area contributed by atoms with Crippen LogP contribution >= 0.6 is 11.6 Å². The Hall–Kier alpha value is -2.21. The van der Waals surface area contributed by atoms with E-state index in [2.05, 4.69) is 10.6 Å². The second kappa shape index (κ2) is 8.86. The van der Waals surface area contributed by atoms with E-state index in [0.29, 0.717) is 16.4 Å². The fourth-order valence-corrected chi connectivity index (χ4v) is 3.66. The molecule has 2 aromatic rings. The van der Waals surface area contributed by atoms with E-state index in [-0.39, 0.29) is 24.0 Å². The zero-order valence-electron chi connectivity index (χ0n) is 16.5. The van der Waals surface area contributed by atoms with Crippen LogP contribution in [-0.2, 0) is 9.53 Å². The number of alkyl carbamates (subject to hydrolysis) is 1. The number of halogens is 1. The number of fused-ring (bicyclic) bond motifs is 1. The summed E-state index contributed by atoms with van der Waals surface area (Å²) in [4.78, 5) is 24.9. The van der Waals surface area contributed by atoms with E-state index in [1.54, 1.807) is 12.1 Å². The van der Waals surface area contributed by atoms with Crippen molar-refractivity contribution in [3.05, 3.63) is 35.0 Å². The highest BCUT2D eigenvalue weighted by atomic mass is 35.5. The van der Waals surface area contributed by atoms with Crippen LogP contribution in [0.5, 0.6) is 0 Å². The van der Waals surface area contributed by atoms with Crippen LogP contribution in [0, 0.1) is 5.92 Å². The SMILES string of the molecule is CC(NC(=O)[C@@H](NC(=O)OC1CCCC1)C(C)C)c1cc2cc(Cl)ccc2o1. The molecule has 0 aliphatic heterocycles. The smallest absolute Gasteiger partial charge is 0.408 e. The Balaban J connectivity index is 1.62. The van der Waals surface area contributed by atoms with E-state index in [4.69, 9.17) is 20.8 Å². The monoisotopic (exact) mass is 406 g/mol. The van der Waals surface area contributed by atoms with Crippen LogP contribution in [-0.4, -0.2) is 24.1 Å². The molecule has 7 heteroatoms. The van der Waals surface area contributed by atoms with E-state index in [0.717, 1.165) is 31.1 Å². The average molecular weight is 407 g/mol. The number of furan rings is 1. The summed E-state index contributed by atoms with van der Waals surface area (Å²) in [6, 6.07) is 6.19. The van der Waals surface area contributed by atoms with Crippen molar-refractivity contribution in [2.75, 3.05) is 0 Å². The molecular weight excluding hydrogens is 380 g/mol. The maximum absolute atomic E-state index is 12.8. The minimum atomic E-state index is -0.685. The second-order valence-electron chi connectivity index (χ2n) is 7.74. The third-order valence-corrected chi connectivity index (χ3v) is 5.32. The number of carbonyl (C=O) groups excluding carboxylic acids is 2. The fourth-order valence-electron chi connectivity index (χ4n) is 3.48. The van der Waals surface area contributed by atoms with Gasteiger partial charge in [-0.3, -0.25) is 4.79 Å². The van der Waals surface area contributed by atoms with Crippen LogP contribution in [0.15, 0.2) is 28.7 Å². The third kappa shape index (κ3) is 4.98. The van der Waals surface area contributed by atoms with Crippen LogP contribution in [0.3, 0.4) is 0 Å². The van der Waals surface area contributed by atoms with Crippen molar-refractivity contribution in [3.63, 3.8) is 0 Å². The van der Waals surface area contributed by atoms with Crippen LogP contribution in [0.25, 0.3) is 11.0 Å². The van der Waals surface area contributed by atoms with Crippen LogP contribution in [0.4, 0.5) is 4.79 Å². The number of carbonyl (C=O) groups is 2. The molecule has 1 aliphatic carbocycles. The highest BCUT2D eigenvalue weighted by molar-refractivity contribution is 6.31. The summed E-state index contributed by atoms with van der Waals surface area (Å²) in [6.07, 6.45) is 3.35. The Kier molecular flexibility index (Phi) is 6.50. The molecule has 1 aliphatic rings. The largest absolute Gasteiger partial charge is 0.459 e. The lowest BCUT2D eigenvalue weighted by atomic mass is 10.0. The summed E-state index contributed by atoms with van der Waals surface area (Å²) in [7, 11) is 0. The average Bonchev–Trinajstić information content (AvgIpc) is 3.28. The molecule has 1 aromatic heterocycles. The molecule has 2 atom stereocenters. The molecule has 152 valence electrons. The predicted octanol–water partition coefficient (Wildman–Crippen LogP) is 4.96. The fraction of sp³-hybridized carbons (Fsp3) is 0.524. The van der Waals surface area contributed by atoms with Gasteiger partial charge in [-0.05, 0) is 62.8 Å². The van der Waals surface area contributed by atoms with Gasteiger partial charge in [-0.1, -0.05) is 25.4 Å². The summed E-state index contributed by atoms with van der Waals surface area (Å²) in [6.45, 7) is 5.60. The molecule has 0 spiro atoms. The summed E-state index contributed by atoms with van der Waals surface area (Å²) >= 11 is 6.01. The normalized spacial score (nSPS) is 16.9. The lowest BCUT2D eigenvalue weighted by Gasteiger charge is -2.24. The lowest BCUT2D eigenvalue weighted by molar-refractivity contribution is -0.124. The van der Waals surface area contributed by atoms with Crippen molar-refractivity contribution in [1.82, 2.24) is 10.6 Å². The molecule has 1 aromatic carbocycles. The Labute approximate surface area is 169 Å². The minimum absolute atomic E-state index is 0.0443. The van der Waals surface area contributed by atoms with Gasteiger partial charge in [0.2, 0.25) is 5.91 Å². The Morgan fingerprint density at radius 3 is 2.54 bits per heavy atom. The first-order valence-electron chi connectivity index (χ1n) is 9.80.